The van der Waals surface area contributed by atoms with Crippen molar-refractivity contribution in [3.63, 3.8) is 0 Å². The molecule has 0 spiro atoms. The predicted molar refractivity (Wildman–Crippen MR) is 113 cm³/mol. The summed E-state index contributed by atoms with van der Waals surface area (Å²) in [6, 6.07) is 0. The maximum atomic E-state index is 12.1. The van der Waals surface area contributed by atoms with Crippen molar-refractivity contribution in [3.8, 4) is 0 Å². The zero-order valence-corrected chi connectivity index (χ0v) is 16.8. The molecule has 1 N–H and O–H groups in total. The number of carbonyl (C=O) groups is 2. The van der Waals surface area contributed by atoms with Crippen molar-refractivity contribution in [3.05, 3.63) is 49.1 Å². The number of carbonyl (C=O) groups excluding carboxylic acids is 1. The van der Waals surface area contributed by atoms with Crippen LogP contribution in [0.1, 0.15) is 71.1 Å². The Bertz CT molecular complexity index is 542. The van der Waals surface area contributed by atoms with E-state index in [1.165, 1.54) is 32.1 Å². The zero-order valence-electron chi connectivity index (χ0n) is 16.8. The van der Waals surface area contributed by atoms with E-state index in [-0.39, 0.29) is 24.0 Å². The SMILES string of the molecule is C=CC(CC=C[C@H]1C=CC(=O)[C@@H]1C/C=C\CCCC(=O)O)CCCCCC. The van der Waals surface area contributed by atoms with E-state index in [9.17, 15) is 9.59 Å². The molecule has 0 amide bonds. The Kier molecular flexibility index (Phi) is 12.2. The molecule has 0 radical (unpaired) electrons. The van der Waals surface area contributed by atoms with Crippen LogP contribution in [0.2, 0.25) is 0 Å². The number of hydrogen-bond donors (Lipinski definition) is 1. The van der Waals surface area contributed by atoms with Gasteiger partial charge in [0.05, 0.1) is 0 Å². The normalized spacial score (nSPS) is 20.7. The van der Waals surface area contributed by atoms with Gasteiger partial charge in [0.2, 0.25) is 0 Å². The molecule has 3 heteroatoms. The lowest BCUT2D eigenvalue weighted by Gasteiger charge is -2.14. The Hall–Kier alpha value is -1.90. The van der Waals surface area contributed by atoms with E-state index < -0.39 is 5.97 Å². The third-order valence-electron chi connectivity index (χ3n) is 5.19. The van der Waals surface area contributed by atoms with Crippen molar-refractivity contribution in [1.82, 2.24) is 0 Å². The molecule has 0 fully saturated rings. The van der Waals surface area contributed by atoms with Gasteiger partial charge in [-0.2, -0.15) is 0 Å². The summed E-state index contributed by atoms with van der Waals surface area (Å²) in [6.07, 6.45) is 23.8. The van der Waals surface area contributed by atoms with Crippen LogP contribution in [0.25, 0.3) is 0 Å². The van der Waals surface area contributed by atoms with Crippen LogP contribution in [0.3, 0.4) is 0 Å². The van der Waals surface area contributed by atoms with Crippen LogP contribution in [0, 0.1) is 17.8 Å². The summed E-state index contributed by atoms with van der Waals surface area (Å²) in [5.74, 6) is 0.119. The monoisotopic (exact) mass is 372 g/mol. The summed E-state index contributed by atoms with van der Waals surface area (Å²) in [4.78, 5) is 22.6. The van der Waals surface area contributed by atoms with Crippen LogP contribution in [0.4, 0.5) is 0 Å². The number of rotatable bonds is 15. The highest BCUT2D eigenvalue weighted by atomic mass is 16.4. The Morgan fingerprint density at radius 3 is 2.74 bits per heavy atom. The molecule has 0 bridgehead atoms. The van der Waals surface area contributed by atoms with Gasteiger partial charge < -0.3 is 5.11 Å². The number of allylic oxidation sites excluding steroid dienone is 7. The number of hydrogen-bond acceptors (Lipinski definition) is 2. The van der Waals surface area contributed by atoms with Crippen molar-refractivity contribution in [2.24, 2.45) is 17.8 Å². The molecule has 3 nitrogen and oxygen atoms in total. The molecule has 0 aromatic carbocycles. The molecule has 3 atom stereocenters. The summed E-state index contributed by atoms with van der Waals surface area (Å²) in [6.45, 7) is 6.19. The van der Waals surface area contributed by atoms with Crippen molar-refractivity contribution >= 4 is 11.8 Å². The zero-order chi connectivity index (χ0) is 19.9. The molecule has 1 aliphatic carbocycles. The topological polar surface area (TPSA) is 54.4 Å². The van der Waals surface area contributed by atoms with Gasteiger partial charge in [-0.1, -0.05) is 69.1 Å². The van der Waals surface area contributed by atoms with E-state index in [4.69, 9.17) is 5.11 Å². The van der Waals surface area contributed by atoms with E-state index in [1.54, 1.807) is 6.08 Å². The molecular weight excluding hydrogens is 336 g/mol. The summed E-state index contributed by atoms with van der Waals surface area (Å²) in [7, 11) is 0. The fourth-order valence-corrected chi connectivity index (χ4v) is 3.43. The molecule has 0 aromatic heterocycles. The van der Waals surface area contributed by atoms with Crippen molar-refractivity contribution < 1.29 is 14.7 Å². The van der Waals surface area contributed by atoms with Crippen LogP contribution in [0.15, 0.2) is 49.1 Å². The lowest BCUT2D eigenvalue weighted by atomic mass is 9.89. The quantitative estimate of drug-likeness (QED) is 0.272. The summed E-state index contributed by atoms with van der Waals surface area (Å²) < 4.78 is 0. The number of carboxylic acid groups (broad SMARTS) is 1. The van der Waals surface area contributed by atoms with Gasteiger partial charge in [-0.25, -0.2) is 0 Å². The number of carboxylic acids is 1. The first-order valence-electron chi connectivity index (χ1n) is 10.5. The summed E-state index contributed by atoms with van der Waals surface area (Å²) in [5.41, 5.74) is 0. The van der Waals surface area contributed by atoms with Gasteiger partial charge in [0.25, 0.3) is 0 Å². The predicted octanol–water partition coefficient (Wildman–Crippen LogP) is 6.28. The molecule has 1 rings (SSSR count). The highest BCUT2D eigenvalue weighted by molar-refractivity contribution is 5.95. The highest BCUT2D eigenvalue weighted by Gasteiger charge is 2.26. The van der Waals surface area contributed by atoms with Gasteiger partial charge in [-0.05, 0) is 44.1 Å². The summed E-state index contributed by atoms with van der Waals surface area (Å²) >= 11 is 0. The molecule has 0 heterocycles. The lowest BCUT2D eigenvalue weighted by Crippen LogP contribution is -2.13. The number of aliphatic carboxylic acids is 1. The molecule has 1 unspecified atom stereocenters. The minimum Gasteiger partial charge on any atom is -0.481 e. The van der Waals surface area contributed by atoms with Gasteiger partial charge in [-0.3, -0.25) is 9.59 Å². The smallest absolute Gasteiger partial charge is 0.303 e. The minimum atomic E-state index is -0.757. The first-order valence-corrected chi connectivity index (χ1v) is 10.5. The van der Waals surface area contributed by atoms with Crippen LogP contribution >= 0.6 is 0 Å². The van der Waals surface area contributed by atoms with Crippen molar-refractivity contribution in [1.29, 1.82) is 0 Å². The minimum absolute atomic E-state index is 0.0105. The molecule has 0 aromatic rings. The molecule has 27 heavy (non-hydrogen) atoms. The third-order valence-corrected chi connectivity index (χ3v) is 5.19. The van der Waals surface area contributed by atoms with Crippen LogP contribution < -0.4 is 0 Å². The van der Waals surface area contributed by atoms with Crippen LogP contribution in [-0.4, -0.2) is 16.9 Å². The van der Waals surface area contributed by atoms with Crippen LogP contribution in [-0.2, 0) is 9.59 Å². The van der Waals surface area contributed by atoms with Gasteiger partial charge in [-0.15, -0.1) is 6.58 Å². The first kappa shape index (κ1) is 23.1. The van der Waals surface area contributed by atoms with Gasteiger partial charge in [0, 0.05) is 18.3 Å². The van der Waals surface area contributed by atoms with Crippen LogP contribution in [0.5, 0.6) is 0 Å². The van der Waals surface area contributed by atoms with E-state index in [0.717, 1.165) is 19.3 Å². The average molecular weight is 373 g/mol. The number of unbranched alkanes of at least 4 members (excludes halogenated alkanes) is 4. The lowest BCUT2D eigenvalue weighted by molar-refractivity contribution is -0.137. The molecule has 0 saturated heterocycles. The Labute approximate surface area is 164 Å². The molecule has 1 aliphatic rings. The molecular formula is C24H36O3. The second-order valence-corrected chi connectivity index (χ2v) is 7.45. The van der Waals surface area contributed by atoms with E-state index >= 15 is 0 Å². The fraction of sp³-hybridized carbons (Fsp3) is 0.583. The maximum absolute atomic E-state index is 12.1. The van der Waals surface area contributed by atoms with Gasteiger partial charge in [0.15, 0.2) is 5.78 Å². The Balaban J connectivity index is 2.38. The Morgan fingerprint density at radius 2 is 2.04 bits per heavy atom. The second kappa shape index (κ2) is 14.2. The van der Waals surface area contributed by atoms with E-state index in [2.05, 4.69) is 31.7 Å². The third kappa shape index (κ3) is 10.1. The highest BCUT2D eigenvalue weighted by Crippen LogP contribution is 2.28. The van der Waals surface area contributed by atoms with Gasteiger partial charge >= 0.3 is 5.97 Å². The van der Waals surface area contributed by atoms with Gasteiger partial charge in [0.1, 0.15) is 0 Å². The first-order chi connectivity index (χ1) is 13.1. The largest absolute Gasteiger partial charge is 0.481 e. The van der Waals surface area contributed by atoms with E-state index in [1.807, 2.05) is 18.2 Å². The Morgan fingerprint density at radius 1 is 1.22 bits per heavy atom. The van der Waals surface area contributed by atoms with Crippen molar-refractivity contribution in [2.75, 3.05) is 0 Å². The maximum Gasteiger partial charge on any atom is 0.303 e. The standard InChI is InChI=1S/C24H36O3/c1-3-5-6-9-13-20(4-2)14-12-15-21-18-19-23(25)22(21)16-10-7-8-11-17-24(26)27/h4,7,10,12,15,18-22H,2-3,5-6,8-9,11,13-14,16-17H2,1H3,(H,26,27)/b10-7-,15-12?/t20?,21-,22+/m0/s1. The summed E-state index contributed by atoms with van der Waals surface area (Å²) in [5, 5.41) is 8.63. The fourth-order valence-electron chi connectivity index (χ4n) is 3.43. The molecule has 0 aliphatic heterocycles. The number of ketones is 1. The van der Waals surface area contributed by atoms with Crippen molar-refractivity contribution in [2.45, 2.75) is 71.1 Å². The molecule has 150 valence electrons. The second-order valence-electron chi connectivity index (χ2n) is 7.45. The average Bonchev–Trinajstić information content (AvgIpc) is 2.99. The molecule has 0 saturated carbocycles. The van der Waals surface area contributed by atoms with E-state index in [0.29, 0.717) is 12.3 Å².